The second-order valence-corrected chi connectivity index (χ2v) is 9.63. The zero-order valence-corrected chi connectivity index (χ0v) is 19.0. The molecule has 2 fully saturated rings. The van der Waals surface area contributed by atoms with E-state index in [0.29, 0.717) is 13.1 Å². The summed E-state index contributed by atoms with van der Waals surface area (Å²) in [4.78, 5) is 38.4. The van der Waals surface area contributed by atoms with Crippen molar-refractivity contribution < 1.29 is 29.0 Å². The number of nitrogens with one attached hydrogen (secondary N) is 1. The van der Waals surface area contributed by atoms with E-state index >= 15 is 0 Å². The van der Waals surface area contributed by atoms with Gasteiger partial charge in [-0.25, -0.2) is 4.79 Å². The summed E-state index contributed by atoms with van der Waals surface area (Å²) in [5.74, 6) is -1.06. The van der Waals surface area contributed by atoms with Gasteiger partial charge in [-0.05, 0) is 29.2 Å². The van der Waals surface area contributed by atoms with Gasteiger partial charge in [-0.15, -0.1) is 0 Å². The van der Waals surface area contributed by atoms with Crippen LogP contribution in [0.3, 0.4) is 0 Å². The Labute approximate surface area is 197 Å². The third-order valence-corrected chi connectivity index (χ3v) is 7.29. The van der Waals surface area contributed by atoms with E-state index in [2.05, 4.69) is 29.6 Å². The number of aliphatic carboxylic acids is 1. The van der Waals surface area contributed by atoms with Gasteiger partial charge >= 0.3 is 12.1 Å². The van der Waals surface area contributed by atoms with Crippen molar-refractivity contribution in [3.63, 3.8) is 0 Å². The number of ether oxygens (including phenoxy) is 2. The molecule has 8 heteroatoms. The van der Waals surface area contributed by atoms with E-state index in [-0.39, 0.29) is 44.0 Å². The van der Waals surface area contributed by atoms with Gasteiger partial charge < -0.3 is 24.8 Å². The normalized spacial score (nSPS) is 23.7. The van der Waals surface area contributed by atoms with Crippen molar-refractivity contribution in [2.75, 3.05) is 32.9 Å². The van der Waals surface area contributed by atoms with Gasteiger partial charge in [-0.2, -0.15) is 0 Å². The summed E-state index contributed by atoms with van der Waals surface area (Å²) in [5, 5.41) is 11.8. The van der Waals surface area contributed by atoms with Crippen LogP contribution in [0.25, 0.3) is 11.1 Å². The van der Waals surface area contributed by atoms with E-state index in [1.165, 1.54) is 0 Å². The second-order valence-electron chi connectivity index (χ2n) is 9.63. The molecule has 2 aromatic carbocycles. The highest BCUT2D eigenvalue weighted by atomic mass is 16.5. The molecule has 8 nitrogen and oxygen atoms in total. The molecule has 0 aromatic heterocycles. The number of rotatable bonds is 6. The summed E-state index contributed by atoms with van der Waals surface area (Å²) < 4.78 is 11.2. The zero-order chi connectivity index (χ0) is 23.9. The average molecular weight is 465 g/mol. The molecule has 2 atom stereocenters. The standard InChI is InChI=1S/C26H28N2O6/c1-26(24(31)28-11-16(12-28)10-23(29)30)15-33-14-22(26)27-25(32)34-13-21-19-8-4-2-6-17(19)18-7-3-5-9-20(18)21/h2-9,16,21-22H,10-15H2,1H3,(H,27,32)(H,29,30). The SMILES string of the molecule is CC1(C(=O)N2CC(CC(=O)O)C2)COCC1NC(=O)OCC1c2ccccc2-c2ccccc21. The van der Waals surface area contributed by atoms with E-state index in [1.54, 1.807) is 11.8 Å². The van der Waals surface area contributed by atoms with Crippen LogP contribution in [0, 0.1) is 11.3 Å². The molecule has 0 saturated carbocycles. The number of hydrogen-bond donors (Lipinski definition) is 2. The van der Waals surface area contributed by atoms with Crippen molar-refractivity contribution in [3.8, 4) is 11.1 Å². The van der Waals surface area contributed by atoms with Crippen LogP contribution in [0.4, 0.5) is 4.79 Å². The lowest BCUT2D eigenvalue weighted by molar-refractivity contribution is -0.152. The van der Waals surface area contributed by atoms with E-state index in [4.69, 9.17) is 14.6 Å². The monoisotopic (exact) mass is 464 g/mol. The molecule has 0 spiro atoms. The van der Waals surface area contributed by atoms with Crippen LogP contribution in [0.5, 0.6) is 0 Å². The lowest BCUT2D eigenvalue weighted by Gasteiger charge is -2.43. The third-order valence-electron chi connectivity index (χ3n) is 7.29. The first-order valence-electron chi connectivity index (χ1n) is 11.6. The molecule has 2 aromatic rings. The van der Waals surface area contributed by atoms with Gasteiger partial charge in [0.1, 0.15) is 6.61 Å². The number of carbonyl (C=O) groups excluding carboxylic acids is 2. The van der Waals surface area contributed by atoms with Crippen LogP contribution < -0.4 is 5.32 Å². The van der Waals surface area contributed by atoms with Crippen LogP contribution in [0.2, 0.25) is 0 Å². The molecule has 2 heterocycles. The molecule has 1 aliphatic carbocycles. The molecule has 34 heavy (non-hydrogen) atoms. The first kappa shape index (κ1) is 22.4. The number of fused-ring (bicyclic) bond motifs is 3. The van der Waals surface area contributed by atoms with Crippen molar-refractivity contribution in [1.82, 2.24) is 10.2 Å². The van der Waals surface area contributed by atoms with Crippen LogP contribution in [0.15, 0.2) is 48.5 Å². The summed E-state index contributed by atoms with van der Waals surface area (Å²) in [6.07, 6.45) is -0.526. The fraction of sp³-hybridized carbons (Fsp3) is 0.423. The maximum absolute atomic E-state index is 13.1. The van der Waals surface area contributed by atoms with E-state index in [0.717, 1.165) is 22.3 Å². The lowest BCUT2D eigenvalue weighted by atomic mass is 9.81. The Morgan fingerprint density at radius 1 is 1.09 bits per heavy atom. The van der Waals surface area contributed by atoms with Gasteiger partial charge in [0.05, 0.1) is 31.1 Å². The molecule has 0 radical (unpaired) electrons. The number of alkyl carbamates (subject to hydrolysis) is 1. The Balaban J connectivity index is 1.20. The highest BCUT2D eigenvalue weighted by molar-refractivity contribution is 5.85. The Hall–Kier alpha value is -3.39. The van der Waals surface area contributed by atoms with Crippen LogP contribution in [-0.4, -0.2) is 66.9 Å². The highest BCUT2D eigenvalue weighted by Gasteiger charge is 2.51. The van der Waals surface area contributed by atoms with Crippen molar-refractivity contribution in [3.05, 3.63) is 59.7 Å². The summed E-state index contributed by atoms with van der Waals surface area (Å²) >= 11 is 0. The second kappa shape index (κ2) is 8.76. The molecule has 2 saturated heterocycles. The van der Waals surface area contributed by atoms with Gasteiger partial charge in [0, 0.05) is 24.9 Å². The average Bonchev–Trinajstić information content (AvgIpc) is 3.32. The van der Waals surface area contributed by atoms with Crippen LogP contribution >= 0.6 is 0 Å². The Bertz CT molecular complexity index is 1080. The number of carboxylic acid groups (broad SMARTS) is 1. The Morgan fingerprint density at radius 2 is 1.71 bits per heavy atom. The van der Waals surface area contributed by atoms with Crippen molar-refractivity contribution >= 4 is 18.0 Å². The quantitative estimate of drug-likeness (QED) is 0.681. The molecule has 5 rings (SSSR count). The van der Waals surface area contributed by atoms with Gasteiger partial charge in [-0.1, -0.05) is 48.5 Å². The summed E-state index contributed by atoms with van der Waals surface area (Å²) in [6, 6.07) is 15.8. The molecular weight excluding hydrogens is 436 g/mol. The molecule has 2 unspecified atom stereocenters. The predicted octanol–water partition coefficient (Wildman–Crippen LogP) is 2.86. The zero-order valence-electron chi connectivity index (χ0n) is 19.0. The number of likely N-dealkylation sites (tertiary alicyclic amines) is 1. The molecule has 2 aliphatic heterocycles. The predicted molar refractivity (Wildman–Crippen MR) is 123 cm³/mol. The molecule has 0 bridgehead atoms. The summed E-state index contributed by atoms with van der Waals surface area (Å²) in [5.41, 5.74) is 3.67. The maximum atomic E-state index is 13.1. The summed E-state index contributed by atoms with van der Waals surface area (Å²) in [7, 11) is 0. The summed E-state index contributed by atoms with van der Waals surface area (Å²) in [6.45, 7) is 3.22. The first-order valence-corrected chi connectivity index (χ1v) is 11.6. The van der Waals surface area contributed by atoms with E-state index in [1.807, 2.05) is 24.3 Å². The topological polar surface area (TPSA) is 105 Å². The van der Waals surface area contributed by atoms with Gasteiger partial charge in [0.15, 0.2) is 0 Å². The first-order chi connectivity index (χ1) is 16.4. The smallest absolute Gasteiger partial charge is 0.407 e. The van der Waals surface area contributed by atoms with E-state index < -0.39 is 23.5 Å². The Morgan fingerprint density at radius 3 is 2.32 bits per heavy atom. The number of carboxylic acids is 1. The minimum atomic E-state index is -0.917. The fourth-order valence-corrected chi connectivity index (χ4v) is 5.34. The molecular formula is C26H28N2O6. The number of nitrogens with zero attached hydrogens (tertiary/aromatic N) is 1. The Kier molecular flexibility index (Phi) is 5.77. The number of benzene rings is 2. The van der Waals surface area contributed by atoms with Gasteiger partial charge in [0.25, 0.3) is 0 Å². The number of carbonyl (C=O) groups is 3. The molecule has 2 amide bonds. The lowest BCUT2D eigenvalue weighted by Crippen LogP contribution is -2.60. The number of amides is 2. The van der Waals surface area contributed by atoms with Crippen LogP contribution in [0.1, 0.15) is 30.4 Å². The van der Waals surface area contributed by atoms with Gasteiger partial charge in [0.2, 0.25) is 5.91 Å². The molecule has 2 N–H and O–H groups in total. The minimum Gasteiger partial charge on any atom is -0.481 e. The van der Waals surface area contributed by atoms with Gasteiger partial charge in [-0.3, -0.25) is 9.59 Å². The van der Waals surface area contributed by atoms with Crippen molar-refractivity contribution in [2.24, 2.45) is 11.3 Å². The number of hydrogen-bond acceptors (Lipinski definition) is 5. The fourth-order valence-electron chi connectivity index (χ4n) is 5.34. The maximum Gasteiger partial charge on any atom is 0.407 e. The van der Waals surface area contributed by atoms with Crippen LogP contribution in [-0.2, 0) is 19.1 Å². The molecule has 3 aliphatic rings. The molecule has 178 valence electrons. The van der Waals surface area contributed by atoms with E-state index in [9.17, 15) is 14.4 Å². The minimum absolute atomic E-state index is 0.0269. The van der Waals surface area contributed by atoms with Crippen molar-refractivity contribution in [2.45, 2.75) is 25.3 Å². The largest absolute Gasteiger partial charge is 0.481 e. The third kappa shape index (κ3) is 3.92. The van der Waals surface area contributed by atoms with Crippen molar-refractivity contribution in [1.29, 1.82) is 0 Å². The highest BCUT2D eigenvalue weighted by Crippen LogP contribution is 2.44.